The normalized spacial score (nSPS) is 18.5. The van der Waals surface area contributed by atoms with Gasteiger partial charge in [0.15, 0.2) is 0 Å². The number of pyridine rings is 1. The van der Waals surface area contributed by atoms with E-state index in [9.17, 15) is 14.7 Å². The fraction of sp³-hybridized carbons (Fsp3) is 0.462. The molecule has 1 atom stereocenters. The predicted molar refractivity (Wildman–Crippen MR) is 70.0 cm³/mol. The molecule has 6 nitrogen and oxygen atoms in total. The molecule has 2 amide bonds. The first-order chi connectivity index (χ1) is 8.80. The Morgan fingerprint density at radius 1 is 1.53 bits per heavy atom. The lowest BCUT2D eigenvalue weighted by Crippen LogP contribution is -2.57. The molecule has 0 saturated heterocycles. The van der Waals surface area contributed by atoms with E-state index in [1.807, 2.05) is 0 Å². The van der Waals surface area contributed by atoms with Crippen molar-refractivity contribution in [1.82, 2.24) is 9.88 Å². The van der Waals surface area contributed by atoms with E-state index in [2.05, 4.69) is 10.3 Å². The van der Waals surface area contributed by atoms with Crippen molar-refractivity contribution in [1.29, 1.82) is 0 Å². The highest BCUT2D eigenvalue weighted by Crippen LogP contribution is 2.26. The van der Waals surface area contributed by atoms with Gasteiger partial charge in [-0.25, -0.2) is 4.79 Å². The van der Waals surface area contributed by atoms with Crippen molar-refractivity contribution in [3.8, 4) is 0 Å². The first-order valence-corrected chi connectivity index (χ1v) is 6.07. The third-order valence-electron chi connectivity index (χ3n) is 3.08. The number of hydrogen-bond donors (Lipinski definition) is 2. The summed E-state index contributed by atoms with van der Waals surface area (Å²) >= 11 is 0. The third kappa shape index (κ3) is 2.52. The Morgan fingerprint density at radius 3 is 2.79 bits per heavy atom. The molecule has 0 spiro atoms. The van der Waals surface area contributed by atoms with Gasteiger partial charge in [0, 0.05) is 18.2 Å². The van der Waals surface area contributed by atoms with Crippen molar-refractivity contribution in [3.63, 3.8) is 0 Å². The number of carboxylic acid groups (broad SMARTS) is 1. The molecule has 1 aliphatic heterocycles. The quantitative estimate of drug-likeness (QED) is 0.808. The standard InChI is InChI=1S/C13H17N3O3/c1-13(2,3)16(12(18)19)10-7-9-8(15-11(10)17)5-4-6-14-9/h4-6,10H,7H2,1-3H3,(H,15,17)(H,18,19)/t10-/m0/s1. The average molecular weight is 263 g/mol. The van der Waals surface area contributed by atoms with E-state index >= 15 is 0 Å². The molecule has 0 saturated carbocycles. The maximum absolute atomic E-state index is 12.1. The molecule has 0 bridgehead atoms. The van der Waals surface area contributed by atoms with Gasteiger partial charge in [-0.05, 0) is 32.9 Å². The minimum absolute atomic E-state index is 0.297. The monoisotopic (exact) mass is 263 g/mol. The van der Waals surface area contributed by atoms with Crippen molar-refractivity contribution in [2.24, 2.45) is 0 Å². The number of rotatable bonds is 1. The molecule has 2 heterocycles. The van der Waals surface area contributed by atoms with Gasteiger partial charge in [-0.15, -0.1) is 0 Å². The number of nitrogens with zero attached hydrogens (tertiary/aromatic N) is 2. The molecule has 1 aromatic heterocycles. The van der Waals surface area contributed by atoms with E-state index < -0.39 is 17.7 Å². The van der Waals surface area contributed by atoms with Crippen molar-refractivity contribution in [2.45, 2.75) is 38.8 Å². The Bertz CT molecular complexity index is 522. The number of aromatic nitrogens is 1. The summed E-state index contributed by atoms with van der Waals surface area (Å²) in [6.45, 7) is 5.30. The van der Waals surface area contributed by atoms with E-state index in [1.165, 1.54) is 4.90 Å². The van der Waals surface area contributed by atoms with E-state index in [0.29, 0.717) is 17.8 Å². The van der Waals surface area contributed by atoms with Crippen LogP contribution in [-0.4, -0.2) is 38.6 Å². The summed E-state index contributed by atoms with van der Waals surface area (Å²) in [5.74, 6) is -0.308. The summed E-state index contributed by atoms with van der Waals surface area (Å²) in [6.07, 6.45) is 0.827. The number of carbonyl (C=O) groups is 2. The van der Waals surface area contributed by atoms with Crippen LogP contribution in [0.4, 0.5) is 10.5 Å². The SMILES string of the molecule is CC(C)(C)N(C(=O)O)[C@H]1Cc2ncccc2NC1=O. The fourth-order valence-corrected chi connectivity index (χ4v) is 2.30. The smallest absolute Gasteiger partial charge is 0.408 e. The molecule has 0 radical (unpaired) electrons. The van der Waals surface area contributed by atoms with Crippen LogP contribution in [0.2, 0.25) is 0 Å². The lowest BCUT2D eigenvalue weighted by Gasteiger charge is -2.40. The Kier molecular flexibility index (Phi) is 3.18. The van der Waals surface area contributed by atoms with Gasteiger partial charge in [-0.2, -0.15) is 0 Å². The van der Waals surface area contributed by atoms with E-state index in [-0.39, 0.29) is 5.91 Å². The van der Waals surface area contributed by atoms with Crippen molar-refractivity contribution in [3.05, 3.63) is 24.0 Å². The zero-order valence-corrected chi connectivity index (χ0v) is 11.2. The lowest BCUT2D eigenvalue weighted by atomic mass is 9.97. The zero-order valence-electron chi connectivity index (χ0n) is 11.2. The molecule has 0 fully saturated rings. The topological polar surface area (TPSA) is 82.5 Å². The number of hydrogen-bond acceptors (Lipinski definition) is 3. The van der Waals surface area contributed by atoms with Crippen LogP contribution < -0.4 is 5.32 Å². The van der Waals surface area contributed by atoms with Gasteiger partial charge in [0.25, 0.3) is 0 Å². The third-order valence-corrected chi connectivity index (χ3v) is 3.08. The number of anilines is 1. The van der Waals surface area contributed by atoms with Gasteiger partial charge in [-0.3, -0.25) is 14.7 Å². The minimum Gasteiger partial charge on any atom is -0.465 e. The predicted octanol–water partition coefficient (Wildman–Crippen LogP) is 1.72. The summed E-state index contributed by atoms with van der Waals surface area (Å²) in [4.78, 5) is 28.9. The van der Waals surface area contributed by atoms with Crippen molar-refractivity contribution in [2.75, 3.05) is 5.32 Å². The molecular formula is C13H17N3O3. The van der Waals surface area contributed by atoms with Gasteiger partial charge < -0.3 is 10.4 Å². The van der Waals surface area contributed by atoms with Crippen LogP contribution >= 0.6 is 0 Å². The second-order valence-electron chi connectivity index (χ2n) is 5.53. The van der Waals surface area contributed by atoms with E-state index in [1.54, 1.807) is 39.1 Å². The van der Waals surface area contributed by atoms with Crippen molar-refractivity contribution >= 4 is 17.7 Å². The number of fused-ring (bicyclic) bond motifs is 1. The van der Waals surface area contributed by atoms with E-state index in [0.717, 1.165) is 0 Å². The molecule has 19 heavy (non-hydrogen) atoms. The van der Waals surface area contributed by atoms with Crippen LogP contribution in [-0.2, 0) is 11.2 Å². The minimum atomic E-state index is -1.10. The van der Waals surface area contributed by atoms with Gasteiger partial charge in [0.05, 0.1) is 11.4 Å². The summed E-state index contributed by atoms with van der Waals surface area (Å²) in [5, 5.41) is 12.1. The number of nitrogens with one attached hydrogen (secondary N) is 1. The van der Waals surface area contributed by atoms with Crippen molar-refractivity contribution < 1.29 is 14.7 Å². The maximum Gasteiger partial charge on any atom is 0.408 e. The van der Waals surface area contributed by atoms with Gasteiger partial charge >= 0.3 is 6.09 Å². The van der Waals surface area contributed by atoms with Crippen LogP contribution in [0.15, 0.2) is 18.3 Å². The fourth-order valence-electron chi connectivity index (χ4n) is 2.30. The molecule has 1 aliphatic rings. The molecule has 2 rings (SSSR count). The Hall–Kier alpha value is -2.11. The maximum atomic E-state index is 12.1. The van der Waals surface area contributed by atoms with Crippen LogP contribution in [0.1, 0.15) is 26.5 Å². The second kappa shape index (κ2) is 4.53. The molecule has 1 aromatic rings. The van der Waals surface area contributed by atoms with E-state index in [4.69, 9.17) is 0 Å². The lowest BCUT2D eigenvalue weighted by molar-refractivity contribution is -0.122. The van der Waals surface area contributed by atoms with Gasteiger partial charge in [0.1, 0.15) is 6.04 Å². The highest BCUT2D eigenvalue weighted by atomic mass is 16.4. The molecule has 6 heteroatoms. The van der Waals surface area contributed by atoms with Gasteiger partial charge in [-0.1, -0.05) is 0 Å². The number of amides is 2. The molecule has 102 valence electrons. The summed E-state index contributed by atoms with van der Waals surface area (Å²) in [5.41, 5.74) is 0.714. The molecular weight excluding hydrogens is 246 g/mol. The Morgan fingerprint density at radius 2 is 2.21 bits per heavy atom. The highest BCUT2D eigenvalue weighted by Gasteiger charge is 2.40. The Labute approximate surface area is 111 Å². The first kappa shape index (κ1) is 13.3. The Balaban J connectivity index is 2.36. The summed E-state index contributed by atoms with van der Waals surface area (Å²) < 4.78 is 0. The van der Waals surface area contributed by atoms with Crippen LogP contribution in [0.5, 0.6) is 0 Å². The van der Waals surface area contributed by atoms with Crippen LogP contribution in [0.3, 0.4) is 0 Å². The summed E-state index contributed by atoms with van der Waals surface area (Å²) in [7, 11) is 0. The number of carbonyl (C=O) groups excluding carboxylic acids is 1. The van der Waals surface area contributed by atoms with Crippen LogP contribution in [0.25, 0.3) is 0 Å². The molecule has 2 N–H and O–H groups in total. The zero-order chi connectivity index (χ0) is 14.2. The van der Waals surface area contributed by atoms with Gasteiger partial charge in [0.2, 0.25) is 5.91 Å². The highest BCUT2D eigenvalue weighted by molar-refractivity contribution is 5.99. The second-order valence-corrected chi connectivity index (χ2v) is 5.53. The first-order valence-electron chi connectivity index (χ1n) is 6.07. The molecule has 0 aromatic carbocycles. The largest absolute Gasteiger partial charge is 0.465 e. The average Bonchev–Trinajstić information content (AvgIpc) is 2.27. The molecule has 0 unspecified atom stereocenters. The summed E-state index contributed by atoms with van der Waals surface area (Å²) in [6, 6.07) is 2.75. The van der Waals surface area contributed by atoms with Crippen LogP contribution in [0, 0.1) is 0 Å². The molecule has 0 aliphatic carbocycles.